The quantitative estimate of drug-likeness (QED) is 0.872. The molecule has 88 valence electrons. The fraction of sp³-hybridized carbons (Fsp3) is 0.538. The highest BCUT2D eigenvalue weighted by molar-refractivity contribution is 9.10. The minimum Gasteiger partial charge on any atom is -0.321 e. The van der Waals surface area contributed by atoms with Gasteiger partial charge in [0.05, 0.1) is 4.47 Å². The van der Waals surface area contributed by atoms with E-state index < -0.39 is 0 Å². The Morgan fingerprint density at radius 1 is 1.38 bits per heavy atom. The van der Waals surface area contributed by atoms with Gasteiger partial charge < -0.3 is 5.73 Å². The van der Waals surface area contributed by atoms with Gasteiger partial charge in [-0.05, 0) is 58.3 Å². The van der Waals surface area contributed by atoms with E-state index in [2.05, 4.69) is 15.9 Å². The van der Waals surface area contributed by atoms with Gasteiger partial charge in [0.25, 0.3) is 0 Å². The Morgan fingerprint density at radius 2 is 2.00 bits per heavy atom. The van der Waals surface area contributed by atoms with Crippen molar-refractivity contribution in [3.05, 3.63) is 33.5 Å². The van der Waals surface area contributed by atoms with Crippen molar-refractivity contribution in [3.8, 4) is 0 Å². The zero-order chi connectivity index (χ0) is 11.9. The van der Waals surface area contributed by atoms with Crippen LogP contribution in [0.2, 0.25) is 0 Å². The highest BCUT2D eigenvalue weighted by atomic mass is 79.9. The van der Waals surface area contributed by atoms with Crippen LogP contribution in [-0.2, 0) is 5.54 Å². The fourth-order valence-corrected chi connectivity index (χ4v) is 2.64. The van der Waals surface area contributed by atoms with Gasteiger partial charge in [-0.3, -0.25) is 0 Å². The molecule has 0 amide bonds. The molecule has 0 heterocycles. The van der Waals surface area contributed by atoms with Crippen molar-refractivity contribution in [2.75, 3.05) is 0 Å². The summed E-state index contributed by atoms with van der Waals surface area (Å²) in [6.07, 6.45) is 3.17. The predicted molar refractivity (Wildman–Crippen MR) is 67.9 cm³/mol. The van der Waals surface area contributed by atoms with Crippen molar-refractivity contribution >= 4 is 15.9 Å². The van der Waals surface area contributed by atoms with Gasteiger partial charge in [0.1, 0.15) is 5.82 Å². The minimum absolute atomic E-state index is 0.151. The maximum absolute atomic E-state index is 13.9. The van der Waals surface area contributed by atoms with Crippen molar-refractivity contribution in [2.24, 2.45) is 5.73 Å². The molecule has 1 aliphatic carbocycles. The van der Waals surface area contributed by atoms with Crippen LogP contribution in [0.15, 0.2) is 16.6 Å². The van der Waals surface area contributed by atoms with Crippen molar-refractivity contribution in [3.63, 3.8) is 0 Å². The molecule has 0 spiro atoms. The second-order valence-corrected chi connectivity index (χ2v) is 5.88. The lowest BCUT2D eigenvalue weighted by molar-refractivity contribution is 0.253. The topological polar surface area (TPSA) is 26.0 Å². The maximum atomic E-state index is 13.9. The van der Waals surface area contributed by atoms with Gasteiger partial charge in [-0.2, -0.15) is 0 Å². The van der Waals surface area contributed by atoms with E-state index in [1.165, 1.54) is 6.42 Å². The van der Waals surface area contributed by atoms with Crippen LogP contribution in [0.5, 0.6) is 0 Å². The Morgan fingerprint density at radius 3 is 2.44 bits per heavy atom. The van der Waals surface area contributed by atoms with E-state index in [0.29, 0.717) is 4.47 Å². The summed E-state index contributed by atoms with van der Waals surface area (Å²) in [7, 11) is 0. The molecule has 0 aromatic heterocycles. The van der Waals surface area contributed by atoms with Crippen LogP contribution in [0, 0.1) is 5.82 Å². The molecule has 0 bridgehead atoms. The summed E-state index contributed by atoms with van der Waals surface area (Å²) < 4.78 is 14.4. The molecule has 1 aromatic rings. The van der Waals surface area contributed by atoms with Crippen molar-refractivity contribution in [2.45, 2.75) is 44.6 Å². The molecule has 0 saturated heterocycles. The first-order valence-corrected chi connectivity index (χ1v) is 6.51. The second-order valence-electron chi connectivity index (χ2n) is 5.03. The molecule has 0 aliphatic heterocycles. The van der Waals surface area contributed by atoms with E-state index in [-0.39, 0.29) is 17.3 Å². The molecule has 1 saturated carbocycles. The predicted octanol–water partition coefficient (Wildman–Crippen LogP) is 4.05. The number of rotatable bonds is 2. The van der Waals surface area contributed by atoms with E-state index in [0.717, 1.165) is 24.0 Å². The molecule has 2 rings (SSSR count). The van der Waals surface area contributed by atoms with Crippen LogP contribution in [0.4, 0.5) is 4.39 Å². The summed E-state index contributed by atoms with van der Waals surface area (Å²) >= 11 is 3.28. The van der Waals surface area contributed by atoms with E-state index in [1.807, 2.05) is 26.0 Å². The van der Waals surface area contributed by atoms with Crippen LogP contribution < -0.4 is 5.73 Å². The van der Waals surface area contributed by atoms with Crippen LogP contribution >= 0.6 is 15.9 Å². The van der Waals surface area contributed by atoms with Crippen molar-refractivity contribution in [1.82, 2.24) is 0 Å². The van der Waals surface area contributed by atoms with E-state index in [1.54, 1.807) is 0 Å². The zero-order valence-corrected chi connectivity index (χ0v) is 11.3. The molecule has 0 atom stereocenters. The third-order valence-electron chi connectivity index (χ3n) is 3.50. The summed E-state index contributed by atoms with van der Waals surface area (Å²) in [6.45, 7) is 4.00. The van der Waals surface area contributed by atoms with E-state index >= 15 is 0 Å². The Kier molecular flexibility index (Phi) is 3.10. The van der Waals surface area contributed by atoms with Crippen LogP contribution in [0.25, 0.3) is 0 Å². The number of nitrogens with two attached hydrogens (primary N) is 1. The first kappa shape index (κ1) is 12.1. The zero-order valence-electron chi connectivity index (χ0n) is 9.69. The molecule has 2 N–H and O–H groups in total. The normalized spacial score (nSPS) is 18.6. The van der Waals surface area contributed by atoms with Crippen molar-refractivity contribution < 1.29 is 4.39 Å². The molecule has 1 aromatic carbocycles. The first-order valence-electron chi connectivity index (χ1n) is 5.72. The summed E-state index contributed by atoms with van der Waals surface area (Å²) in [5, 5.41) is 0. The standard InChI is InChI=1S/C13H17BrFN/c1-8(2)10-6-9(7-11(14)12(10)15)13(16)4-3-5-13/h6-8H,3-5,16H2,1-2H3. The largest absolute Gasteiger partial charge is 0.321 e. The van der Waals surface area contributed by atoms with Gasteiger partial charge in [-0.25, -0.2) is 4.39 Å². The number of hydrogen-bond donors (Lipinski definition) is 1. The molecular formula is C13H17BrFN. The molecule has 16 heavy (non-hydrogen) atoms. The molecular weight excluding hydrogens is 269 g/mol. The van der Waals surface area contributed by atoms with Gasteiger partial charge in [0.15, 0.2) is 0 Å². The van der Waals surface area contributed by atoms with Crippen LogP contribution in [-0.4, -0.2) is 0 Å². The first-order chi connectivity index (χ1) is 7.44. The van der Waals surface area contributed by atoms with Gasteiger partial charge in [0, 0.05) is 5.54 Å². The SMILES string of the molecule is CC(C)c1cc(C2(N)CCC2)cc(Br)c1F. The summed E-state index contributed by atoms with van der Waals surface area (Å²) in [5.41, 5.74) is 7.86. The van der Waals surface area contributed by atoms with Crippen molar-refractivity contribution in [1.29, 1.82) is 0 Å². The lowest BCUT2D eigenvalue weighted by Gasteiger charge is -2.39. The molecule has 1 aliphatic rings. The number of benzene rings is 1. The lowest BCUT2D eigenvalue weighted by Crippen LogP contribution is -2.43. The Labute approximate surface area is 104 Å². The Balaban J connectivity index is 2.48. The molecule has 1 fully saturated rings. The minimum atomic E-state index is -0.222. The van der Waals surface area contributed by atoms with E-state index in [4.69, 9.17) is 5.73 Å². The average Bonchev–Trinajstić information content (AvgIpc) is 2.18. The van der Waals surface area contributed by atoms with Gasteiger partial charge in [-0.1, -0.05) is 19.9 Å². The average molecular weight is 286 g/mol. The maximum Gasteiger partial charge on any atom is 0.140 e. The number of halogens is 2. The molecule has 3 heteroatoms. The summed E-state index contributed by atoms with van der Waals surface area (Å²) in [6, 6.07) is 3.77. The van der Waals surface area contributed by atoms with Crippen LogP contribution in [0.3, 0.4) is 0 Å². The molecule has 0 unspecified atom stereocenters. The van der Waals surface area contributed by atoms with Gasteiger partial charge in [-0.15, -0.1) is 0 Å². The highest BCUT2D eigenvalue weighted by Crippen LogP contribution is 2.41. The molecule has 0 radical (unpaired) electrons. The third-order valence-corrected chi connectivity index (χ3v) is 4.08. The highest BCUT2D eigenvalue weighted by Gasteiger charge is 2.35. The molecule has 1 nitrogen and oxygen atoms in total. The summed E-state index contributed by atoms with van der Waals surface area (Å²) in [5.74, 6) is 0.0293. The Hall–Kier alpha value is -0.410. The monoisotopic (exact) mass is 285 g/mol. The van der Waals surface area contributed by atoms with E-state index in [9.17, 15) is 4.39 Å². The summed E-state index contributed by atoms with van der Waals surface area (Å²) in [4.78, 5) is 0. The Bertz CT molecular complexity index is 411. The number of hydrogen-bond acceptors (Lipinski definition) is 1. The fourth-order valence-electron chi connectivity index (χ4n) is 2.16. The smallest absolute Gasteiger partial charge is 0.140 e. The van der Waals surface area contributed by atoms with Crippen LogP contribution in [0.1, 0.15) is 50.2 Å². The third kappa shape index (κ3) is 1.91. The van der Waals surface area contributed by atoms with Gasteiger partial charge in [0.2, 0.25) is 0 Å². The van der Waals surface area contributed by atoms with Gasteiger partial charge >= 0.3 is 0 Å². The second kappa shape index (κ2) is 4.11. The lowest BCUT2D eigenvalue weighted by atomic mass is 9.72.